The zero-order valence-corrected chi connectivity index (χ0v) is 16.9. The smallest absolute Gasteiger partial charge is 0.265 e. The van der Waals surface area contributed by atoms with E-state index in [2.05, 4.69) is 5.32 Å². The number of ether oxygens (including phenoxy) is 1. The maximum absolute atomic E-state index is 14.2. The number of nitrogens with one attached hydrogen (secondary N) is 1. The van der Waals surface area contributed by atoms with Crippen LogP contribution in [0.15, 0.2) is 36.4 Å². The average Bonchev–Trinajstić information content (AvgIpc) is 2.70. The van der Waals surface area contributed by atoms with Crippen LogP contribution in [0.3, 0.4) is 0 Å². The molecule has 2 amide bonds. The van der Waals surface area contributed by atoms with E-state index < -0.39 is 47.2 Å². The molecule has 1 heterocycles. The van der Waals surface area contributed by atoms with Crippen molar-refractivity contribution < 1.29 is 31.9 Å². The average molecular weight is 438 g/mol. The Balaban J connectivity index is 1.73. The van der Waals surface area contributed by atoms with Crippen molar-refractivity contribution in [1.82, 2.24) is 4.90 Å². The Bertz CT molecular complexity index is 964. The summed E-state index contributed by atoms with van der Waals surface area (Å²) >= 11 is 0. The zero-order valence-electron chi connectivity index (χ0n) is 16.9. The van der Waals surface area contributed by atoms with Crippen molar-refractivity contribution in [2.75, 3.05) is 25.0 Å². The van der Waals surface area contributed by atoms with Gasteiger partial charge in [0, 0.05) is 19.0 Å². The van der Waals surface area contributed by atoms with Crippen molar-refractivity contribution in [3.8, 4) is 5.75 Å². The molecule has 2 aromatic rings. The fraction of sp³-hybridized carbons (Fsp3) is 0.364. The van der Waals surface area contributed by atoms with Gasteiger partial charge in [-0.1, -0.05) is 12.1 Å². The van der Waals surface area contributed by atoms with E-state index in [-0.39, 0.29) is 25.8 Å². The Hall–Kier alpha value is -3.10. The van der Waals surface area contributed by atoms with Gasteiger partial charge in [-0.05, 0) is 37.1 Å². The number of carbonyl (C=O) groups excluding carboxylic acids is 2. The van der Waals surface area contributed by atoms with E-state index in [0.717, 1.165) is 11.0 Å². The van der Waals surface area contributed by atoms with E-state index in [9.17, 15) is 27.2 Å². The molecule has 0 spiro atoms. The molecule has 31 heavy (non-hydrogen) atoms. The summed E-state index contributed by atoms with van der Waals surface area (Å²) in [6.45, 7) is 1.56. The second-order valence-corrected chi connectivity index (χ2v) is 7.30. The van der Waals surface area contributed by atoms with Crippen LogP contribution in [0, 0.1) is 11.6 Å². The highest BCUT2D eigenvalue weighted by Crippen LogP contribution is 2.29. The number of anilines is 1. The number of alkyl halides is 2. The van der Waals surface area contributed by atoms with Gasteiger partial charge in [0.1, 0.15) is 17.4 Å². The van der Waals surface area contributed by atoms with E-state index in [1.165, 1.54) is 0 Å². The van der Waals surface area contributed by atoms with Gasteiger partial charge in [0.25, 0.3) is 11.8 Å². The topological polar surface area (TPSA) is 58.6 Å². The standard InChI is InChI=1S/C22H22F4N2O3/c1-2-31-15-6-4-14(5-7-15)10-20(29)27-19-11-16(17(23)12-18(19)24)21(30)28-9-3-8-22(25,26)13-28/h4-7,11-12H,2-3,8-10,13H2,1H3,(H,27,29). The van der Waals surface area contributed by atoms with Crippen molar-refractivity contribution in [1.29, 1.82) is 0 Å². The van der Waals surface area contributed by atoms with Crippen LogP contribution in [0.4, 0.5) is 23.2 Å². The van der Waals surface area contributed by atoms with Crippen LogP contribution in [-0.2, 0) is 11.2 Å². The molecular weight excluding hydrogens is 416 g/mol. The van der Waals surface area contributed by atoms with Crippen molar-refractivity contribution >= 4 is 17.5 Å². The van der Waals surface area contributed by atoms with E-state index >= 15 is 0 Å². The van der Waals surface area contributed by atoms with Gasteiger partial charge in [0.2, 0.25) is 5.91 Å². The lowest BCUT2D eigenvalue weighted by molar-refractivity contribution is -0.115. The Morgan fingerprint density at radius 3 is 2.48 bits per heavy atom. The first-order valence-corrected chi connectivity index (χ1v) is 9.86. The molecule has 0 aromatic heterocycles. The molecule has 0 unspecified atom stereocenters. The number of rotatable bonds is 6. The SMILES string of the molecule is CCOc1ccc(CC(=O)Nc2cc(C(=O)N3CCCC(F)(F)C3)c(F)cc2F)cc1. The van der Waals surface area contributed by atoms with Crippen molar-refractivity contribution in [3.63, 3.8) is 0 Å². The number of amides is 2. The van der Waals surface area contributed by atoms with E-state index in [1.807, 2.05) is 6.92 Å². The fourth-order valence-corrected chi connectivity index (χ4v) is 3.37. The number of carbonyl (C=O) groups is 2. The van der Waals surface area contributed by atoms with Gasteiger partial charge in [0.15, 0.2) is 0 Å². The molecule has 0 aliphatic carbocycles. The molecule has 3 rings (SSSR count). The number of hydrogen-bond donors (Lipinski definition) is 1. The van der Waals surface area contributed by atoms with Crippen LogP contribution in [-0.4, -0.2) is 42.3 Å². The van der Waals surface area contributed by atoms with E-state index in [4.69, 9.17) is 4.74 Å². The normalized spacial score (nSPS) is 15.5. The second-order valence-electron chi connectivity index (χ2n) is 7.30. The minimum absolute atomic E-state index is 0.0463. The zero-order chi connectivity index (χ0) is 22.6. The highest BCUT2D eigenvalue weighted by atomic mass is 19.3. The predicted octanol–water partition coefficient (Wildman–Crippen LogP) is 4.42. The van der Waals surface area contributed by atoms with Gasteiger partial charge >= 0.3 is 0 Å². The first-order chi connectivity index (χ1) is 14.7. The van der Waals surface area contributed by atoms with Gasteiger partial charge in [0.05, 0.1) is 30.8 Å². The number of likely N-dealkylation sites (tertiary alicyclic amines) is 1. The molecule has 2 aromatic carbocycles. The summed E-state index contributed by atoms with van der Waals surface area (Å²) in [7, 11) is 0. The van der Waals surface area contributed by atoms with Gasteiger partial charge in [-0.25, -0.2) is 17.6 Å². The van der Waals surface area contributed by atoms with Crippen molar-refractivity contribution in [2.24, 2.45) is 0 Å². The number of halogens is 4. The van der Waals surface area contributed by atoms with Crippen LogP contribution in [0.1, 0.15) is 35.7 Å². The van der Waals surface area contributed by atoms with Gasteiger partial charge in [-0.3, -0.25) is 9.59 Å². The third-order valence-corrected chi connectivity index (χ3v) is 4.84. The Labute approximate surface area is 177 Å². The molecule has 0 radical (unpaired) electrons. The molecule has 0 saturated carbocycles. The van der Waals surface area contributed by atoms with Crippen molar-refractivity contribution in [2.45, 2.75) is 32.1 Å². The Morgan fingerprint density at radius 2 is 1.84 bits per heavy atom. The Kier molecular flexibility index (Phi) is 6.82. The molecule has 1 N–H and O–H groups in total. The number of piperidine rings is 1. The molecule has 1 aliphatic heterocycles. The third-order valence-electron chi connectivity index (χ3n) is 4.84. The molecule has 1 fully saturated rings. The maximum atomic E-state index is 14.2. The lowest BCUT2D eigenvalue weighted by Gasteiger charge is -2.32. The van der Waals surface area contributed by atoms with Crippen LogP contribution < -0.4 is 10.1 Å². The third kappa shape index (κ3) is 5.74. The molecule has 0 bridgehead atoms. The molecule has 166 valence electrons. The summed E-state index contributed by atoms with van der Waals surface area (Å²) in [6.07, 6.45) is -0.367. The first-order valence-electron chi connectivity index (χ1n) is 9.86. The molecule has 1 aliphatic rings. The van der Waals surface area contributed by atoms with E-state index in [1.54, 1.807) is 24.3 Å². The molecular formula is C22H22F4N2O3. The first kappa shape index (κ1) is 22.6. The fourth-order valence-electron chi connectivity index (χ4n) is 3.37. The largest absolute Gasteiger partial charge is 0.494 e. The second kappa shape index (κ2) is 9.36. The van der Waals surface area contributed by atoms with Crippen LogP contribution in [0.5, 0.6) is 5.75 Å². The number of hydrogen-bond acceptors (Lipinski definition) is 3. The summed E-state index contributed by atoms with van der Waals surface area (Å²) in [5, 5.41) is 2.31. The summed E-state index contributed by atoms with van der Waals surface area (Å²) in [5.74, 6) is -6.22. The van der Waals surface area contributed by atoms with Crippen LogP contribution in [0.2, 0.25) is 0 Å². The van der Waals surface area contributed by atoms with Crippen LogP contribution >= 0.6 is 0 Å². The highest BCUT2D eigenvalue weighted by molar-refractivity contribution is 5.98. The summed E-state index contributed by atoms with van der Waals surface area (Å²) < 4.78 is 60.9. The number of nitrogens with zero attached hydrogens (tertiary/aromatic N) is 1. The molecule has 1 saturated heterocycles. The lowest BCUT2D eigenvalue weighted by atomic mass is 10.0. The van der Waals surface area contributed by atoms with Gasteiger partial charge < -0.3 is 15.0 Å². The lowest BCUT2D eigenvalue weighted by Crippen LogP contribution is -2.45. The van der Waals surface area contributed by atoms with E-state index in [0.29, 0.717) is 24.0 Å². The monoisotopic (exact) mass is 438 g/mol. The number of benzene rings is 2. The summed E-state index contributed by atoms with van der Waals surface area (Å²) in [5.41, 5.74) is -0.338. The van der Waals surface area contributed by atoms with Gasteiger partial charge in [-0.2, -0.15) is 0 Å². The summed E-state index contributed by atoms with van der Waals surface area (Å²) in [6, 6.07) is 8.04. The quantitative estimate of drug-likeness (QED) is 0.680. The molecule has 9 heteroatoms. The highest BCUT2D eigenvalue weighted by Gasteiger charge is 2.38. The minimum atomic E-state index is -3.06. The minimum Gasteiger partial charge on any atom is -0.494 e. The van der Waals surface area contributed by atoms with Gasteiger partial charge in [-0.15, -0.1) is 0 Å². The molecule has 5 nitrogen and oxygen atoms in total. The van der Waals surface area contributed by atoms with Crippen LogP contribution in [0.25, 0.3) is 0 Å². The maximum Gasteiger partial charge on any atom is 0.265 e. The Morgan fingerprint density at radius 1 is 1.13 bits per heavy atom. The summed E-state index contributed by atoms with van der Waals surface area (Å²) in [4.78, 5) is 25.7. The molecule has 0 atom stereocenters. The van der Waals surface area contributed by atoms with Crippen molar-refractivity contribution in [3.05, 3.63) is 59.2 Å². The predicted molar refractivity (Wildman–Crippen MR) is 106 cm³/mol.